The van der Waals surface area contributed by atoms with Gasteiger partial charge in [0.15, 0.2) is 0 Å². The molecule has 0 atom stereocenters. The Morgan fingerprint density at radius 1 is 1.16 bits per heavy atom. The molecular weight excluding hydrogens is 330 g/mol. The third kappa shape index (κ3) is 5.13. The minimum absolute atomic E-state index is 0.313. The first-order chi connectivity index (χ1) is 12.1. The highest BCUT2D eigenvalue weighted by molar-refractivity contribution is 7.13. The normalized spacial score (nSPS) is 15.7. The molecule has 0 bridgehead atoms. The highest BCUT2D eigenvalue weighted by Gasteiger charge is 2.21. The summed E-state index contributed by atoms with van der Waals surface area (Å²) in [5, 5.41) is 3.24. The van der Waals surface area contributed by atoms with Crippen molar-refractivity contribution in [3.63, 3.8) is 0 Å². The van der Waals surface area contributed by atoms with Gasteiger partial charge in [-0.1, -0.05) is 44.2 Å². The molecule has 2 heterocycles. The number of thiazole rings is 1. The molecule has 0 aliphatic carbocycles. The largest absolute Gasteiger partial charge is 0.340 e. The first-order valence-corrected chi connectivity index (χ1v) is 9.99. The van der Waals surface area contributed by atoms with Crippen molar-refractivity contribution in [3.05, 3.63) is 41.4 Å². The molecule has 0 saturated carbocycles. The molecule has 1 aromatic carbocycles. The van der Waals surface area contributed by atoms with E-state index in [9.17, 15) is 4.79 Å². The number of carbonyl (C=O) groups is 1. The van der Waals surface area contributed by atoms with E-state index >= 15 is 0 Å². The summed E-state index contributed by atoms with van der Waals surface area (Å²) in [7, 11) is 0. The Hall–Kier alpha value is -1.72. The summed E-state index contributed by atoms with van der Waals surface area (Å²) < 4.78 is 0. The number of benzene rings is 1. The van der Waals surface area contributed by atoms with Gasteiger partial charge in [-0.15, -0.1) is 11.3 Å². The summed E-state index contributed by atoms with van der Waals surface area (Å²) >= 11 is 1.70. The lowest BCUT2D eigenvalue weighted by molar-refractivity contribution is -0.133. The fourth-order valence-corrected chi connectivity index (χ4v) is 3.86. The van der Waals surface area contributed by atoms with Crippen molar-refractivity contribution in [2.24, 2.45) is 5.92 Å². The predicted molar refractivity (Wildman–Crippen MR) is 103 cm³/mol. The van der Waals surface area contributed by atoms with Crippen molar-refractivity contribution in [3.8, 4) is 10.6 Å². The molecule has 0 N–H and O–H groups in total. The van der Waals surface area contributed by atoms with E-state index in [2.05, 4.69) is 36.3 Å². The lowest BCUT2D eigenvalue weighted by atomic mass is 10.1. The SMILES string of the molecule is CC(C)CCC(=O)N1CCN(Cc2csc(-c3ccccc3)n2)CC1. The van der Waals surface area contributed by atoms with Gasteiger partial charge >= 0.3 is 0 Å². The van der Waals surface area contributed by atoms with Gasteiger partial charge in [-0.25, -0.2) is 4.98 Å². The van der Waals surface area contributed by atoms with Crippen molar-refractivity contribution < 1.29 is 4.79 Å². The van der Waals surface area contributed by atoms with E-state index in [1.807, 2.05) is 23.1 Å². The zero-order valence-corrected chi connectivity index (χ0v) is 16.0. The van der Waals surface area contributed by atoms with E-state index in [0.717, 1.165) is 49.8 Å². The lowest BCUT2D eigenvalue weighted by Crippen LogP contribution is -2.48. The fourth-order valence-electron chi connectivity index (χ4n) is 3.05. The van der Waals surface area contributed by atoms with Crippen LogP contribution in [0.15, 0.2) is 35.7 Å². The predicted octanol–water partition coefficient (Wildman–Crippen LogP) is 3.89. The Morgan fingerprint density at radius 2 is 1.88 bits per heavy atom. The molecule has 1 aliphatic rings. The molecule has 1 amide bonds. The number of hydrogen-bond donors (Lipinski definition) is 0. The van der Waals surface area contributed by atoms with E-state index < -0.39 is 0 Å². The maximum Gasteiger partial charge on any atom is 0.222 e. The second-order valence-electron chi connectivity index (χ2n) is 7.10. The second kappa shape index (κ2) is 8.59. The zero-order valence-electron chi connectivity index (χ0n) is 15.1. The molecule has 0 radical (unpaired) electrons. The van der Waals surface area contributed by atoms with Crippen molar-refractivity contribution >= 4 is 17.2 Å². The second-order valence-corrected chi connectivity index (χ2v) is 7.96. The average molecular weight is 358 g/mol. The number of piperazine rings is 1. The fraction of sp³-hybridized carbons (Fsp3) is 0.500. The van der Waals surface area contributed by atoms with E-state index in [1.54, 1.807) is 11.3 Å². The number of aromatic nitrogens is 1. The summed E-state index contributed by atoms with van der Waals surface area (Å²) in [6, 6.07) is 10.3. The molecule has 3 rings (SSSR count). The summed E-state index contributed by atoms with van der Waals surface area (Å²) in [5.41, 5.74) is 2.31. The van der Waals surface area contributed by atoms with Crippen LogP contribution in [0.25, 0.3) is 10.6 Å². The standard InChI is InChI=1S/C20H27N3OS/c1-16(2)8-9-19(24)23-12-10-22(11-13-23)14-18-15-25-20(21-18)17-6-4-3-5-7-17/h3-7,15-16H,8-14H2,1-2H3. The highest BCUT2D eigenvalue weighted by Crippen LogP contribution is 2.24. The smallest absolute Gasteiger partial charge is 0.222 e. The topological polar surface area (TPSA) is 36.4 Å². The van der Waals surface area contributed by atoms with Gasteiger partial charge in [0.25, 0.3) is 0 Å². The summed E-state index contributed by atoms with van der Waals surface area (Å²) in [6.45, 7) is 8.76. The molecule has 5 heteroatoms. The first-order valence-electron chi connectivity index (χ1n) is 9.12. The van der Waals surface area contributed by atoms with Gasteiger partial charge in [-0.3, -0.25) is 9.69 Å². The van der Waals surface area contributed by atoms with Crippen LogP contribution < -0.4 is 0 Å². The average Bonchev–Trinajstić information content (AvgIpc) is 3.09. The summed E-state index contributed by atoms with van der Waals surface area (Å²) in [6.07, 6.45) is 1.67. The number of hydrogen-bond acceptors (Lipinski definition) is 4. The molecular formula is C20H27N3OS. The lowest BCUT2D eigenvalue weighted by Gasteiger charge is -2.34. The van der Waals surface area contributed by atoms with Crippen LogP contribution in [-0.4, -0.2) is 46.9 Å². The van der Waals surface area contributed by atoms with Crippen molar-refractivity contribution in [2.45, 2.75) is 33.2 Å². The van der Waals surface area contributed by atoms with Crippen LogP contribution in [0.1, 0.15) is 32.4 Å². The van der Waals surface area contributed by atoms with Gasteiger partial charge in [-0.05, 0) is 12.3 Å². The molecule has 4 nitrogen and oxygen atoms in total. The van der Waals surface area contributed by atoms with E-state index in [-0.39, 0.29) is 0 Å². The number of amides is 1. The highest BCUT2D eigenvalue weighted by atomic mass is 32.1. The Labute approximate surface area is 154 Å². The van der Waals surface area contributed by atoms with Crippen LogP contribution in [0.2, 0.25) is 0 Å². The van der Waals surface area contributed by atoms with Crippen LogP contribution >= 0.6 is 11.3 Å². The van der Waals surface area contributed by atoms with Crippen LogP contribution in [0.4, 0.5) is 0 Å². The molecule has 1 aromatic heterocycles. The van der Waals surface area contributed by atoms with Gasteiger partial charge in [0.2, 0.25) is 5.91 Å². The zero-order chi connectivity index (χ0) is 17.6. The Kier molecular flexibility index (Phi) is 6.21. The van der Waals surface area contributed by atoms with Crippen molar-refractivity contribution in [1.29, 1.82) is 0 Å². The van der Waals surface area contributed by atoms with Gasteiger partial charge in [-0.2, -0.15) is 0 Å². The van der Waals surface area contributed by atoms with Crippen LogP contribution in [0.3, 0.4) is 0 Å². The summed E-state index contributed by atoms with van der Waals surface area (Å²) in [5.74, 6) is 0.905. The molecule has 25 heavy (non-hydrogen) atoms. The van der Waals surface area contributed by atoms with Gasteiger partial charge < -0.3 is 4.90 Å². The Morgan fingerprint density at radius 3 is 2.56 bits per heavy atom. The van der Waals surface area contributed by atoms with Crippen LogP contribution in [-0.2, 0) is 11.3 Å². The first kappa shape index (κ1) is 18.1. The van der Waals surface area contributed by atoms with Crippen molar-refractivity contribution in [2.75, 3.05) is 26.2 Å². The van der Waals surface area contributed by atoms with E-state index in [1.165, 1.54) is 5.56 Å². The summed E-state index contributed by atoms with van der Waals surface area (Å²) in [4.78, 5) is 21.4. The molecule has 1 saturated heterocycles. The molecule has 2 aromatic rings. The van der Waals surface area contributed by atoms with Crippen LogP contribution in [0.5, 0.6) is 0 Å². The maximum absolute atomic E-state index is 12.2. The molecule has 1 aliphatic heterocycles. The third-order valence-corrected chi connectivity index (χ3v) is 5.56. The number of rotatable bonds is 6. The van der Waals surface area contributed by atoms with E-state index in [4.69, 9.17) is 4.98 Å². The van der Waals surface area contributed by atoms with Gasteiger partial charge in [0.05, 0.1) is 5.69 Å². The molecule has 1 fully saturated rings. The molecule has 134 valence electrons. The molecule has 0 spiro atoms. The maximum atomic E-state index is 12.2. The number of nitrogens with zero attached hydrogens (tertiary/aromatic N) is 3. The molecule has 0 unspecified atom stereocenters. The Bertz CT molecular complexity index is 675. The quantitative estimate of drug-likeness (QED) is 0.787. The minimum Gasteiger partial charge on any atom is -0.340 e. The van der Waals surface area contributed by atoms with Gasteiger partial charge in [0, 0.05) is 50.1 Å². The van der Waals surface area contributed by atoms with Crippen molar-refractivity contribution in [1.82, 2.24) is 14.8 Å². The Balaban J connectivity index is 1.48. The minimum atomic E-state index is 0.313. The third-order valence-electron chi connectivity index (χ3n) is 4.62. The van der Waals surface area contributed by atoms with Crippen LogP contribution in [0, 0.1) is 5.92 Å². The van der Waals surface area contributed by atoms with Gasteiger partial charge in [0.1, 0.15) is 5.01 Å². The van der Waals surface area contributed by atoms with E-state index in [0.29, 0.717) is 18.2 Å². The monoisotopic (exact) mass is 357 g/mol. The number of carbonyl (C=O) groups excluding carboxylic acids is 1.